The van der Waals surface area contributed by atoms with Gasteiger partial charge in [0.25, 0.3) is 5.91 Å². The largest absolute Gasteiger partial charge is 0.435 e. The lowest BCUT2D eigenvalue weighted by atomic mass is 10.0. The molecule has 0 saturated carbocycles. The molecule has 0 fully saturated rings. The van der Waals surface area contributed by atoms with E-state index in [0.29, 0.717) is 17.7 Å². The quantitative estimate of drug-likeness (QED) is 0.571. The van der Waals surface area contributed by atoms with Crippen LogP contribution in [0.15, 0.2) is 54.6 Å². The third kappa shape index (κ3) is 5.97. The summed E-state index contributed by atoms with van der Waals surface area (Å²) >= 11 is 0. The Morgan fingerprint density at radius 3 is 2.35 bits per heavy atom. The van der Waals surface area contributed by atoms with E-state index in [4.69, 9.17) is 4.74 Å². The minimum Gasteiger partial charge on any atom is -0.435 e. The van der Waals surface area contributed by atoms with Gasteiger partial charge < -0.3 is 14.8 Å². The Balaban J connectivity index is 2.28. The fourth-order valence-corrected chi connectivity index (χ4v) is 2.40. The van der Waals surface area contributed by atoms with Gasteiger partial charge in [-0.3, -0.25) is 4.79 Å². The van der Waals surface area contributed by atoms with Crippen molar-refractivity contribution in [1.29, 1.82) is 0 Å². The molecule has 2 rings (SSSR count). The second-order valence-electron chi connectivity index (χ2n) is 5.70. The van der Waals surface area contributed by atoms with E-state index in [1.807, 2.05) is 37.3 Å². The lowest BCUT2D eigenvalue weighted by molar-refractivity contribution is -0.116. The molecular formula is C20H21F2NO3. The van der Waals surface area contributed by atoms with Crippen LogP contribution in [0.3, 0.4) is 0 Å². The maximum atomic E-state index is 12.7. The Morgan fingerprint density at radius 1 is 1.12 bits per heavy atom. The lowest BCUT2D eigenvalue weighted by Crippen LogP contribution is -2.36. The van der Waals surface area contributed by atoms with Crippen LogP contribution in [0.5, 0.6) is 5.75 Å². The zero-order chi connectivity index (χ0) is 18.9. The van der Waals surface area contributed by atoms with Crippen LogP contribution in [0.25, 0.3) is 11.6 Å². The molecule has 138 valence electrons. The van der Waals surface area contributed by atoms with Crippen LogP contribution in [-0.2, 0) is 9.53 Å². The zero-order valence-electron chi connectivity index (χ0n) is 14.6. The van der Waals surface area contributed by atoms with Crippen LogP contribution < -0.4 is 10.1 Å². The number of carbonyl (C=O) groups is 1. The monoisotopic (exact) mass is 361 g/mol. The smallest absolute Gasteiger partial charge is 0.387 e. The average Bonchev–Trinajstić information content (AvgIpc) is 2.61. The fourth-order valence-electron chi connectivity index (χ4n) is 2.40. The normalized spacial score (nSPS) is 12.7. The van der Waals surface area contributed by atoms with Crippen LogP contribution in [0, 0.1) is 0 Å². The molecule has 0 spiro atoms. The molecule has 6 heteroatoms. The van der Waals surface area contributed by atoms with Crippen LogP contribution >= 0.6 is 0 Å². The molecule has 1 amide bonds. The van der Waals surface area contributed by atoms with E-state index >= 15 is 0 Å². The van der Waals surface area contributed by atoms with Crippen LogP contribution in [0.2, 0.25) is 0 Å². The molecule has 0 saturated heterocycles. The number of hydrogen-bond acceptors (Lipinski definition) is 3. The van der Waals surface area contributed by atoms with Crippen LogP contribution in [-0.4, -0.2) is 32.3 Å². The molecule has 4 nitrogen and oxygen atoms in total. The Morgan fingerprint density at radius 2 is 1.77 bits per heavy atom. The Kier molecular flexibility index (Phi) is 7.29. The molecule has 0 unspecified atom stereocenters. The minimum absolute atomic E-state index is 0.0663. The van der Waals surface area contributed by atoms with E-state index in [1.165, 1.54) is 12.1 Å². The second-order valence-corrected chi connectivity index (χ2v) is 5.70. The first kappa shape index (κ1) is 19.6. The zero-order valence-corrected chi connectivity index (χ0v) is 14.6. The summed E-state index contributed by atoms with van der Waals surface area (Å²) < 4.78 is 33.9. The summed E-state index contributed by atoms with van der Waals surface area (Å²) in [6, 6.07) is 15.2. The summed E-state index contributed by atoms with van der Waals surface area (Å²) in [4.78, 5) is 12.7. The van der Waals surface area contributed by atoms with Gasteiger partial charge in [-0.2, -0.15) is 8.78 Å². The second kappa shape index (κ2) is 9.68. The number of nitrogens with one attached hydrogen (secondary N) is 1. The summed E-state index contributed by atoms with van der Waals surface area (Å²) in [5.74, 6) is -0.176. The number of rotatable bonds is 8. The van der Waals surface area contributed by atoms with Gasteiger partial charge in [-0.15, -0.1) is 0 Å². The van der Waals surface area contributed by atoms with E-state index in [9.17, 15) is 13.6 Å². The SMILES string of the molecule is COC[C@@H](C)NC(=O)/C(=C/c1ccc(OC(F)F)cc1)c1ccccc1. The van der Waals surface area contributed by atoms with E-state index in [1.54, 1.807) is 25.3 Å². The summed E-state index contributed by atoms with van der Waals surface area (Å²) in [7, 11) is 1.57. The maximum Gasteiger partial charge on any atom is 0.387 e. The van der Waals surface area contributed by atoms with E-state index in [0.717, 1.165) is 5.56 Å². The van der Waals surface area contributed by atoms with Gasteiger partial charge in [-0.25, -0.2) is 0 Å². The molecule has 0 aliphatic rings. The Bertz CT molecular complexity index is 730. The van der Waals surface area contributed by atoms with Crippen molar-refractivity contribution in [2.45, 2.75) is 19.6 Å². The highest BCUT2D eigenvalue weighted by molar-refractivity contribution is 6.24. The molecule has 2 aromatic rings. The van der Waals surface area contributed by atoms with Crippen molar-refractivity contribution in [3.05, 3.63) is 65.7 Å². The predicted octanol–water partition coefficient (Wildman–Crippen LogP) is 3.98. The molecule has 0 aromatic heterocycles. The summed E-state index contributed by atoms with van der Waals surface area (Å²) in [6.45, 7) is -0.627. The number of amides is 1. The number of ether oxygens (including phenoxy) is 2. The molecule has 0 aliphatic heterocycles. The molecule has 0 aliphatic carbocycles. The molecule has 0 heterocycles. The number of halogens is 2. The number of benzene rings is 2. The standard InChI is InChI=1S/C20H21F2NO3/c1-14(13-25-2)23-19(24)18(16-6-4-3-5-7-16)12-15-8-10-17(11-9-15)26-20(21)22/h3-12,14,20H,13H2,1-2H3,(H,23,24)/b18-12+/t14-/m1/s1. The highest BCUT2D eigenvalue weighted by atomic mass is 19.3. The average molecular weight is 361 g/mol. The first-order valence-corrected chi connectivity index (χ1v) is 8.11. The molecule has 0 bridgehead atoms. The summed E-state index contributed by atoms with van der Waals surface area (Å²) in [5, 5.41) is 2.88. The molecular weight excluding hydrogens is 340 g/mol. The lowest BCUT2D eigenvalue weighted by Gasteiger charge is -2.15. The maximum absolute atomic E-state index is 12.7. The fraction of sp³-hybridized carbons (Fsp3) is 0.250. The molecule has 26 heavy (non-hydrogen) atoms. The van der Waals surface area contributed by atoms with Gasteiger partial charge in [0.2, 0.25) is 0 Å². The Hall–Kier alpha value is -2.73. The van der Waals surface area contributed by atoms with Gasteiger partial charge in [-0.1, -0.05) is 42.5 Å². The van der Waals surface area contributed by atoms with Crippen molar-refractivity contribution in [3.8, 4) is 5.75 Å². The number of alkyl halides is 2. The summed E-state index contributed by atoms with van der Waals surface area (Å²) in [6.07, 6.45) is 1.70. The van der Waals surface area contributed by atoms with Gasteiger partial charge in [0, 0.05) is 18.7 Å². The number of methoxy groups -OCH3 is 1. The van der Waals surface area contributed by atoms with Gasteiger partial charge in [-0.05, 0) is 36.3 Å². The van der Waals surface area contributed by atoms with Crippen molar-refractivity contribution in [1.82, 2.24) is 5.32 Å². The first-order chi connectivity index (χ1) is 12.5. The molecule has 0 radical (unpaired) electrons. The summed E-state index contributed by atoms with van der Waals surface area (Å²) in [5.41, 5.74) is 1.92. The van der Waals surface area contributed by atoms with Crippen LogP contribution in [0.1, 0.15) is 18.1 Å². The van der Waals surface area contributed by atoms with Gasteiger partial charge in [0.15, 0.2) is 0 Å². The van der Waals surface area contributed by atoms with Crippen LogP contribution in [0.4, 0.5) is 8.78 Å². The van der Waals surface area contributed by atoms with Gasteiger partial charge in [0.05, 0.1) is 6.61 Å². The molecule has 1 N–H and O–H groups in total. The third-order valence-corrected chi connectivity index (χ3v) is 3.54. The van der Waals surface area contributed by atoms with Crippen molar-refractivity contribution < 1.29 is 23.0 Å². The Labute approximate surface area is 151 Å². The number of hydrogen-bond donors (Lipinski definition) is 1. The highest BCUT2D eigenvalue weighted by Crippen LogP contribution is 2.21. The highest BCUT2D eigenvalue weighted by Gasteiger charge is 2.14. The van der Waals surface area contributed by atoms with Gasteiger partial charge >= 0.3 is 6.61 Å². The predicted molar refractivity (Wildman–Crippen MR) is 96.9 cm³/mol. The third-order valence-electron chi connectivity index (χ3n) is 3.54. The molecule has 2 aromatic carbocycles. The number of carbonyl (C=O) groups excluding carboxylic acids is 1. The molecule has 1 atom stereocenters. The van der Waals surface area contributed by atoms with Crippen molar-refractivity contribution in [2.24, 2.45) is 0 Å². The van der Waals surface area contributed by atoms with Crippen molar-refractivity contribution in [3.63, 3.8) is 0 Å². The van der Waals surface area contributed by atoms with Crippen molar-refractivity contribution in [2.75, 3.05) is 13.7 Å². The van der Waals surface area contributed by atoms with E-state index in [2.05, 4.69) is 10.1 Å². The topological polar surface area (TPSA) is 47.6 Å². The first-order valence-electron chi connectivity index (χ1n) is 8.11. The van der Waals surface area contributed by atoms with Crippen molar-refractivity contribution >= 4 is 17.6 Å². The van der Waals surface area contributed by atoms with Gasteiger partial charge in [0.1, 0.15) is 5.75 Å². The van der Waals surface area contributed by atoms with E-state index < -0.39 is 6.61 Å². The van der Waals surface area contributed by atoms with E-state index in [-0.39, 0.29) is 17.7 Å². The minimum atomic E-state index is -2.87.